The van der Waals surface area contributed by atoms with Crippen molar-refractivity contribution in [2.75, 3.05) is 5.32 Å². The van der Waals surface area contributed by atoms with Crippen LogP contribution in [-0.2, 0) is 4.79 Å². The predicted molar refractivity (Wildman–Crippen MR) is 57.8 cm³/mol. The van der Waals surface area contributed by atoms with E-state index in [0.717, 1.165) is 5.69 Å². The molecular weight excluding hydrogens is 176 g/mol. The monoisotopic (exact) mass is 190 g/mol. The van der Waals surface area contributed by atoms with Crippen molar-refractivity contribution >= 4 is 12.0 Å². The summed E-state index contributed by atoms with van der Waals surface area (Å²) < 4.78 is 0. The second-order valence-corrected chi connectivity index (χ2v) is 3.19. The van der Waals surface area contributed by atoms with E-state index in [4.69, 9.17) is 5.73 Å². The van der Waals surface area contributed by atoms with Crippen LogP contribution in [0.2, 0.25) is 0 Å². The molecule has 0 aliphatic heterocycles. The van der Waals surface area contributed by atoms with Crippen LogP contribution in [0.15, 0.2) is 35.7 Å². The number of hydrogen-bond acceptors (Lipinski definition) is 3. The number of carbonyl (C=O) groups is 1. The standard InChI is InChI=1S/C11H14N2O/c1-8-3-5-10(6-4-8)13-9(2)11(12)7-14/h3-7,13H,12H2,1-2H3/b11-9-. The maximum atomic E-state index is 10.4. The van der Waals surface area contributed by atoms with Gasteiger partial charge in [-0.15, -0.1) is 0 Å². The molecule has 0 amide bonds. The van der Waals surface area contributed by atoms with E-state index < -0.39 is 0 Å². The fourth-order valence-corrected chi connectivity index (χ4v) is 1.01. The first-order valence-electron chi connectivity index (χ1n) is 4.38. The molecule has 0 saturated heterocycles. The normalized spacial score (nSPS) is 11.9. The Morgan fingerprint density at radius 1 is 1.36 bits per heavy atom. The van der Waals surface area contributed by atoms with E-state index in [1.807, 2.05) is 31.2 Å². The maximum Gasteiger partial charge on any atom is 0.167 e. The van der Waals surface area contributed by atoms with Gasteiger partial charge in [-0.3, -0.25) is 4.79 Å². The summed E-state index contributed by atoms with van der Waals surface area (Å²) in [6.45, 7) is 3.79. The largest absolute Gasteiger partial charge is 0.395 e. The van der Waals surface area contributed by atoms with Crippen molar-refractivity contribution < 1.29 is 4.79 Å². The lowest BCUT2D eigenvalue weighted by Gasteiger charge is -2.07. The molecule has 3 nitrogen and oxygen atoms in total. The summed E-state index contributed by atoms with van der Waals surface area (Å²) in [6, 6.07) is 7.87. The number of hydrogen-bond donors (Lipinski definition) is 2. The third kappa shape index (κ3) is 2.62. The zero-order chi connectivity index (χ0) is 10.6. The van der Waals surface area contributed by atoms with Crippen LogP contribution in [0.4, 0.5) is 5.69 Å². The minimum atomic E-state index is 0.227. The summed E-state index contributed by atoms with van der Waals surface area (Å²) in [4.78, 5) is 10.4. The van der Waals surface area contributed by atoms with Crippen LogP contribution in [0.3, 0.4) is 0 Å². The lowest BCUT2D eigenvalue weighted by molar-refractivity contribution is -0.105. The molecule has 0 spiro atoms. The molecule has 1 rings (SSSR count). The molecule has 0 heterocycles. The number of allylic oxidation sites excluding steroid dienone is 2. The summed E-state index contributed by atoms with van der Waals surface area (Å²) in [7, 11) is 0. The van der Waals surface area contributed by atoms with Crippen molar-refractivity contribution in [3.8, 4) is 0 Å². The van der Waals surface area contributed by atoms with Gasteiger partial charge in [-0.2, -0.15) is 0 Å². The fraction of sp³-hybridized carbons (Fsp3) is 0.182. The summed E-state index contributed by atoms with van der Waals surface area (Å²) in [5.74, 6) is 0. The molecular formula is C11H14N2O. The number of nitrogens with one attached hydrogen (secondary N) is 1. The van der Waals surface area contributed by atoms with E-state index in [9.17, 15) is 4.79 Å². The average Bonchev–Trinajstić information content (AvgIpc) is 2.20. The fourth-order valence-electron chi connectivity index (χ4n) is 1.01. The number of benzene rings is 1. The Bertz CT molecular complexity index is 352. The van der Waals surface area contributed by atoms with E-state index in [-0.39, 0.29) is 5.70 Å². The number of carbonyl (C=O) groups excluding carboxylic acids is 1. The molecule has 0 radical (unpaired) electrons. The van der Waals surface area contributed by atoms with E-state index in [1.54, 1.807) is 6.92 Å². The highest BCUT2D eigenvalue weighted by Crippen LogP contribution is 2.11. The number of rotatable bonds is 3. The van der Waals surface area contributed by atoms with Gasteiger partial charge in [-0.05, 0) is 26.0 Å². The van der Waals surface area contributed by atoms with Gasteiger partial charge in [0.15, 0.2) is 6.29 Å². The second-order valence-electron chi connectivity index (χ2n) is 3.19. The molecule has 3 N–H and O–H groups in total. The molecule has 0 bridgehead atoms. The van der Waals surface area contributed by atoms with Crippen LogP contribution in [0.25, 0.3) is 0 Å². The highest BCUT2D eigenvalue weighted by molar-refractivity contribution is 5.74. The van der Waals surface area contributed by atoms with E-state index in [0.29, 0.717) is 12.0 Å². The van der Waals surface area contributed by atoms with Crippen molar-refractivity contribution in [2.45, 2.75) is 13.8 Å². The zero-order valence-electron chi connectivity index (χ0n) is 8.37. The van der Waals surface area contributed by atoms with Gasteiger partial charge in [0.2, 0.25) is 0 Å². The van der Waals surface area contributed by atoms with Gasteiger partial charge in [0, 0.05) is 11.4 Å². The van der Waals surface area contributed by atoms with Crippen molar-refractivity contribution in [3.05, 3.63) is 41.2 Å². The van der Waals surface area contributed by atoms with Crippen molar-refractivity contribution in [1.29, 1.82) is 0 Å². The molecule has 14 heavy (non-hydrogen) atoms. The molecule has 0 fully saturated rings. The molecule has 0 aromatic heterocycles. The smallest absolute Gasteiger partial charge is 0.167 e. The minimum Gasteiger partial charge on any atom is -0.395 e. The predicted octanol–water partition coefficient (Wildman–Crippen LogP) is 1.80. The second kappa shape index (κ2) is 4.46. The highest BCUT2D eigenvalue weighted by atomic mass is 16.1. The minimum absolute atomic E-state index is 0.227. The Balaban J connectivity index is 2.79. The lowest BCUT2D eigenvalue weighted by Crippen LogP contribution is -2.08. The number of aldehydes is 1. The highest BCUT2D eigenvalue weighted by Gasteiger charge is 1.96. The molecule has 0 saturated carbocycles. The van der Waals surface area contributed by atoms with Crippen molar-refractivity contribution in [2.24, 2.45) is 5.73 Å². The molecule has 1 aromatic carbocycles. The third-order valence-electron chi connectivity index (χ3n) is 1.94. The summed E-state index contributed by atoms with van der Waals surface area (Å²) in [5.41, 5.74) is 8.46. The molecule has 3 heteroatoms. The first-order valence-corrected chi connectivity index (χ1v) is 4.38. The first-order chi connectivity index (χ1) is 6.63. The van der Waals surface area contributed by atoms with Gasteiger partial charge in [0.25, 0.3) is 0 Å². The Morgan fingerprint density at radius 3 is 2.43 bits per heavy atom. The van der Waals surface area contributed by atoms with Crippen LogP contribution in [0, 0.1) is 6.92 Å². The molecule has 0 atom stereocenters. The van der Waals surface area contributed by atoms with Crippen LogP contribution in [0.5, 0.6) is 0 Å². The van der Waals surface area contributed by atoms with Crippen LogP contribution < -0.4 is 11.1 Å². The Morgan fingerprint density at radius 2 is 1.93 bits per heavy atom. The van der Waals surface area contributed by atoms with E-state index in [1.165, 1.54) is 5.56 Å². The average molecular weight is 190 g/mol. The summed E-state index contributed by atoms with van der Waals surface area (Å²) >= 11 is 0. The van der Waals surface area contributed by atoms with Gasteiger partial charge >= 0.3 is 0 Å². The van der Waals surface area contributed by atoms with Crippen LogP contribution >= 0.6 is 0 Å². The topological polar surface area (TPSA) is 55.1 Å². The van der Waals surface area contributed by atoms with Crippen LogP contribution in [-0.4, -0.2) is 6.29 Å². The molecule has 0 aliphatic rings. The SMILES string of the molecule is C/C(Nc1ccc(C)cc1)=C(/N)C=O. The number of aryl methyl sites for hydroxylation is 1. The van der Waals surface area contributed by atoms with Crippen LogP contribution in [0.1, 0.15) is 12.5 Å². The lowest BCUT2D eigenvalue weighted by atomic mass is 10.2. The Labute approximate surface area is 83.6 Å². The number of anilines is 1. The quantitative estimate of drug-likeness (QED) is 0.564. The zero-order valence-corrected chi connectivity index (χ0v) is 8.37. The Hall–Kier alpha value is -1.77. The van der Waals surface area contributed by atoms with Gasteiger partial charge in [-0.25, -0.2) is 0 Å². The van der Waals surface area contributed by atoms with Gasteiger partial charge in [0.05, 0.1) is 5.70 Å². The third-order valence-corrected chi connectivity index (χ3v) is 1.94. The molecule has 74 valence electrons. The molecule has 1 aromatic rings. The van der Waals surface area contributed by atoms with Crippen molar-refractivity contribution in [1.82, 2.24) is 0 Å². The molecule has 0 aliphatic carbocycles. The molecule has 0 unspecified atom stereocenters. The Kier molecular flexibility index (Phi) is 3.29. The number of nitrogens with two attached hydrogens (primary N) is 1. The summed E-state index contributed by atoms with van der Waals surface area (Å²) in [5, 5.41) is 3.04. The van der Waals surface area contributed by atoms with Crippen molar-refractivity contribution in [3.63, 3.8) is 0 Å². The van der Waals surface area contributed by atoms with Gasteiger partial charge in [-0.1, -0.05) is 17.7 Å². The van der Waals surface area contributed by atoms with Gasteiger partial charge in [0.1, 0.15) is 0 Å². The van der Waals surface area contributed by atoms with Gasteiger partial charge < -0.3 is 11.1 Å². The summed E-state index contributed by atoms with van der Waals surface area (Å²) in [6.07, 6.45) is 0.635. The van der Waals surface area contributed by atoms with E-state index in [2.05, 4.69) is 5.32 Å². The maximum absolute atomic E-state index is 10.4. The first kappa shape index (κ1) is 10.3. The van der Waals surface area contributed by atoms with E-state index >= 15 is 0 Å².